The van der Waals surface area contributed by atoms with Crippen LogP contribution in [0, 0.1) is 0 Å². The summed E-state index contributed by atoms with van der Waals surface area (Å²) in [4.78, 5) is 4.40. The Morgan fingerprint density at radius 3 is 3.00 bits per heavy atom. The Morgan fingerprint density at radius 1 is 1.60 bits per heavy atom. The Morgan fingerprint density at radius 2 is 2.40 bits per heavy atom. The lowest BCUT2D eigenvalue weighted by Gasteiger charge is -2.37. The molecular formula is C9H15N5S. The molecule has 0 bridgehead atoms. The van der Waals surface area contributed by atoms with Gasteiger partial charge >= 0.3 is 0 Å². The third-order valence-electron chi connectivity index (χ3n) is 2.44. The highest BCUT2D eigenvalue weighted by Crippen LogP contribution is 2.23. The van der Waals surface area contributed by atoms with Crippen LogP contribution in [-0.4, -0.2) is 52.5 Å². The van der Waals surface area contributed by atoms with Gasteiger partial charge in [0.15, 0.2) is 0 Å². The maximum absolute atomic E-state index is 4.28. The van der Waals surface area contributed by atoms with E-state index in [1.165, 1.54) is 17.3 Å². The number of nitrogens with zero attached hydrogens (tertiary/aromatic N) is 4. The first kappa shape index (κ1) is 10.5. The Bertz CT molecular complexity index is 345. The molecule has 0 saturated heterocycles. The van der Waals surface area contributed by atoms with Crippen molar-refractivity contribution in [2.45, 2.75) is 6.17 Å². The standard InChI is InChI=1S/C9H15N5S/c1-13(2)9-7(4-10-6-14(9)3)8-5-11-15-12-8/h4-5,9-10H,6H2,1-3H3. The lowest BCUT2D eigenvalue weighted by molar-refractivity contribution is 0.139. The zero-order valence-corrected chi connectivity index (χ0v) is 9.95. The molecule has 15 heavy (non-hydrogen) atoms. The number of hydrogen-bond acceptors (Lipinski definition) is 6. The van der Waals surface area contributed by atoms with E-state index in [0.717, 1.165) is 12.4 Å². The fourth-order valence-corrected chi connectivity index (χ4v) is 2.30. The van der Waals surface area contributed by atoms with Crippen LogP contribution in [0.1, 0.15) is 5.69 Å². The Balaban J connectivity index is 2.32. The predicted octanol–water partition coefficient (Wildman–Crippen LogP) is 0.259. The van der Waals surface area contributed by atoms with Crippen molar-refractivity contribution >= 4 is 17.3 Å². The molecule has 1 aromatic rings. The van der Waals surface area contributed by atoms with Gasteiger partial charge in [-0.2, -0.15) is 8.75 Å². The molecule has 2 heterocycles. The van der Waals surface area contributed by atoms with Crippen molar-refractivity contribution in [3.8, 4) is 0 Å². The minimum Gasteiger partial charge on any atom is -0.378 e. The van der Waals surface area contributed by atoms with Gasteiger partial charge in [0, 0.05) is 11.8 Å². The lowest BCUT2D eigenvalue weighted by Crippen LogP contribution is -2.49. The maximum Gasteiger partial charge on any atom is 0.104 e. The summed E-state index contributed by atoms with van der Waals surface area (Å²) < 4.78 is 8.32. The largest absolute Gasteiger partial charge is 0.378 e. The molecule has 6 heteroatoms. The van der Waals surface area contributed by atoms with Crippen LogP contribution in [0.25, 0.3) is 5.57 Å². The van der Waals surface area contributed by atoms with Crippen LogP contribution in [-0.2, 0) is 0 Å². The second-order valence-electron chi connectivity index (χ2n) is 3.85. The van der Waals surface area contributed by atoms with E-state index in [1.807, 2.05) is 12.4 Å². The summed E-state index contributed by atoms with van der Waals surface area (Å²) in [5.74, 6) is 0. The molecular weight excluding hydrogens is 210 g/mol. The van der Waals surface area contributed by atoms with E-state index in [-0.39, 0.29) is 6.17 Å². The molecule has 1 atom stereocenters. The highest BCUT2D eigenvalue weighted by molar-refractivity contribution is 6.99. The third kappa shape index (κ3) is 2.01. The van der Waals surface area contributed by atoms with E-state index < -0.39 is 0 Å². The molecule has 0 fully saturated rings. The van der Waals surface area contributed by atoms with Crippen LogP contribution in [0.4, 0.5) is 0 Å². The van der Waals surface area contributed by atoms with Crippen LogP contribution in [0.2, 0.25) is 0 Å². The lowest BCUT2D eigenvalue weighted by atomic mass is 10.1. The molecule has 1 N–H and O–H groups in total. The molecule has 0 aliphatic carbocycles. The number of nitrogens with one attached hydrogen (secondary N) is 1. The van der Waals surface area contributed by atoms with Gasteiger partial charge in [-0.3, -0.25) is 9.80 Å². The van der Waals surface area contributed by atoms with Crippen LogP contribution in [0.3, 0.4) is 0 Å². The summed E-state index contributed by atoms with van der Waals surface area (Å²) in [5, 5.41) is 3.23. The number of rotatable bonds is 2. The average molecular weight is 225 g/mol. The van der Waals surface area contributed by atoms with Gasteiger partial charge in [0.25, 0.3) is 0 Å². The van der Waals surface area contributed by atoms with Crippen molar-refractivity contribution < 1.29 is 0 Å². The second-order valence-corrected chi connectivity index (χ2v) is 4.41. The molecule has 0 amide bonds. The first-order chi connectivity index (χ1) is 7.20. The zero-order valence-electron chi connectivity index (χ0n) is 9.14. The molecule has 0 radical (unpaired) electrons. The van der Waals surface area contributed by atoms with Crippen molar-refractivity contribution in [2.24, 2.45) is 0 Å². The minimum atomic E-state index is 0.259. The predicted molar refractivity (Wildman–Crippen MR) is 61.1 cm³/mol. The molecule has 1 aliphatic rings. The van der Waals surface area contributed by atoms with Gasteiger partial charge in [-0.05, 0) is 21.1 Å². The Hall–Kier alpha value is -0.980. The van der Waals surface area contributed by atoms with E-state index in [1.54, 1.807) is 0 Å². The molecule has 82 valence electrons. The van der Waals surface area contributed by atoms with Crippen molar-refractivity contribution in [1.82, 2.24) is 23.9 Å². The van der Waals surface area contributed by atoms with Gasteiger partial charge in [-0.1, -0.05) is 0 Å². The Labute approximate surface area is 93.7 Å². The highest BCUT2D eigenvalue weighted by atomic mass is 32.1. The minimum absolute atomic E-state index is 0.259. The molecule has 1 aromatic heterocycles. The van der Waals surface area contributed by atoms with Crippen LogP contribution in [0.15, 0.2) is 12.4 Å². The quantitative estimate of drug-likeness (QED) is 0.782. The van der Waals surface area contributed by atoms with E-state index in [0.29, 0.717) is 0 Å². The van der Waals surface area contributed by atoms with Gasteiger partial charge in [0.05, 0.1) is 30.8 Å². The van der Waals surface area contributed by atoms with Gasteiger partial charge in [-0.25, -0.2) is 0 Å². The SMILES string of the molecule is CN(C)C1C(c2cnsn2)=CNCN1C. The van der Waals surface area contributed by atoms with E-state index in [9.17, 15) is 0 Å². The summed E-state index contributed by atoms with van der Waals surface area (Å²) in [6, 6.07) is 0. The van der Waals surface area contributed by atoms with Crippen molar-refractivity contribution in [2.75, 3.05) is 27.8 Å². The normalized spacial score (nSPS) is 22.7. The summed E-state index contributed by atoms with van der Waals surface area (Å²) in [6.45, 7) is 0.851. The van der Waals surface area contributed by atoms with Gasteiger partial charge in [0.2, 0.25) is 0 Å². The average Bonchev–Trinajstić information content (AvgIpc) is 2.69. The fraction of sp³-hybridized carbons (Fsp3) is 0.556. The molecule has 1 aliphatic heterocycles. The summed E-state index contributed by atoms with van der Waals surface area (Å²) in [6.07, 6.45) is 4.10. The second kappa shape index (κ2) is 4.26. The monoisotopic (exact) mass is 225 g/mol. The molecule has 0 aromatic carbocycles. The maximum atomic E-state index is 4.28. The van der Waals surface area contributed by atoms with E-state index in [4.69, 9.17) is 0 Å². The molecule has 1 unspecified atom stereocenters. The molecule has 2 rings (SSSR count). The van der Waals surface area contributed by atoms with Crippen molar-refractivity contribution in [3.05, 3.63) is 18.1 Å². The first-order valence-corrected chi connectivity index (χ1v) is 5.51. The fourth-order valence-electron chi connectivity index (χ4n) is 1.87. The van der Waals surface area contributed by atoms with Gasteiger partial charge in [-0.15, -0.1) is 0 Å². The summed E-state index contributed by atoms with van der Waals surface area (Å²) >= 11 is 1.24. The molecule has 0 spiro atoms. The number of likely N-dealkylation sites (N-methyl/N-ethyl adjacent to an activating group) is 2. The van der Waals surface area contributed by atoms with Crippen LogP contribution >= 0.6 is 11.7 Å². The summed E-state index contributed by atoms with van der Waals surface area (Å²) in [5.41, 5.74) is 2.13. The van der Waals surface area contributed by atoms with Crippen molar-refractivity contribution in [1.29, 1.82) is 0 Å². The number of hydrogen-bond donors (Lipinski definition) is 1. The van der Waals surface area contributed by atoms with Crippen LogP contribution < -0.4 is 5.32 Å². The molecule has 5 nitrogen and oxygen atoms in total. The highest BCUT2D eigenvalue weighted by Gasteiger charge is 2.26. The smallest absolute Gasteiger partial charge is 0.104 e. The zero-order chi connectivity index (χ0) is 10.8. The van der Waals surface area contributed by atoms with Crippen molar-refractivity contribution in [3.63, 3.8) is 0 Å². The number of aromatic nitrogens is 2. The van der Waals surface area contributed by atoms with Gasteiger partial charge < -0.3 is 5.32 Å². The van der Waals surface area contributed by atoms with Gasteiger partial charge in [0.1, 0.15) is 5.69 Å². The summed E-state index contributed by atoms with van der Waals surface area (Å²) in [7, 11) is 6.23. The molecule has 0 saturated carbocycles. The third-order valence-corrected chi connectivity index (χ3v) is 2.92. The topological polar surface area (TPSA) is 44.3 Å². The van der Waals surface area contributed by atoms with E-state index in [2.05, 4.69) is 45.0 Å². The Kier molecular flexibility index (Phi) is 2.99. The van der Waals surface area contributed by atoms with Crippen LogP contribution in [0.5, 0.6) is 0 Å². The van der Waals surface area contributed by atoms with E-state index >= 15 is 0 Å². The first-order valence-electron chi connectivity index (χ1n) is 4.78.